The molecule has 0 aliphatic rings. The van der Waals surface area contributed by atoms with Gasteiger partial charge in [-0.1, -0.05) is 32.1 Å². The second-order valence-corrected chi connectivity index (χ2v) is 6.63. The summed E-state index contributed by atoms with van der Waals surface area (Å²) in [5.41, 5.74) is 0. The molecule has 0 aromatic rings. The Hall–Kier alpha value is 0.330. The molecule has 0 radical (unpaired) electrons. The number of thioether (sulfide) groups is 1. The Labute approximate surface area is 92.8 Å². The maximum Gasteiger partial charge on any atom is 0.0796 e. The summed E-state index contributed by atoms with van der Waals surface area (Å²) in [6.45, 7) is 7.56. The first-order valence-corrected chi connectivity index (χ1v) is 7.03. The Morgan fingerprint density at radius 2 is 2.23 bits per heavy atom. The number of allylic oxidation sites excluding steroid dienone is 1. The van der Waals surface area contributed by atoms with Gasteiger partial charge in [0.15, 0.2) is 0 Å². The third-order valence-corrected chi connectivity index (χ3v) is 5.28. The summed E-state index contributed by atoms with van der Waals surface area (Å²) >= 11 is 6.67. The molecule has 0 saturated heterocycles. The van der Waals surface area contributed by atoms with Gasteiger partial charge in [-0.05, 0) is 12.7 Å². The second kappa shape index (κ2) is 6.74. The Morgan fingerprint density at radius 1 is 1.69 bits per heavy atom. The molecule has 0 aromatic heterocycles. The summed E-state index contributed by atoms with van der Waals surface area (Å²) < 4.78 is 12.6. The molecule has 0 aliphatic carbocycles. The molecule has 0 heterocycles. The summed E-state index contributed by atoms with van der Waals surface area (Å²) in [5, 5.41) is 0.151. The number of thiocarbonyl (C=S) groups is 1. The van der Waals surface area contributed by atoms with Crippen LogP contribution in [0.1, 0.15) is 20.3 Å². The first kappa shape index (κ1) is 13.3. The van der Waals surface area contributed by atoms with E-state index in [-0.39, 0.29) is 10.5 Å². The molecule has 0 amide bonds. The fraction of sp³-hybridized carbons (Fsp3) is 0.667. The van der Waals surface area contributed by atoms with Gasteiger partial charge >= 0.3 is 0 Å². The lowest BCUT2D eigenvalue weighted by atomic mass is 10.3. The van der Waals surface area contributed by atoms with Crippen LogP contribution in [0.3, 0.4) is 0 Å². The lowest BCUT2D eigenvalue weighted by molar-refractivity contribution is 0.673. The first-order chi connectivity index (χ1) is 6.04. The van der Waals surface area contributed by atoms with Gasteiger partial charge in [0.1, 0.15) is 0 Å². The fourth-order valence-corrected chi connectivity index (χ4v) is 3.38. The van der Waals surface area contributed by atoms with Gasteiger partial charge in [0.05, 0.1) is 9.45 Å². The van der Waals surface area contributed by atoms with E-state index in [4.69, 9.17) is 12.2 Å². The van der Waals surface area contributed by atoms with Crippen molar-refractivity contribution in [2.24, 2.45) is 0 Å². The molecule has 76 valence electrons. The van der Waals surface area contributed by atoms with Crippen LogP contribution in [0.4, 0.5) is 0 Å². The third kappa shape index (κ3) is 4.38. The van der Waals surface area contributed by atoms with Crippen LogP contribution in [0.15, 0.2) is 12.7 Å². The minimum absolute atomic E-state index is 0.0116. The van der Waals surface area contributed by atoms with E-state index in [2.05, 4.69) is 6.58 Å². The van der Waals surface area contributed by atoms with Crippen molar-refractivity contribution in [3.63, 3.8) is 0 Å². The largest absolute Gasteiger partial charge is 0.259 e. The molecular formula is C9H16OS3. The monoisotopic (exact) mass is 236 g/mol. The molecule has 2 atom stereocenters. The van der Waals surface area contributed by atoms with E-state index in [0.29, 0.717) is 6.42 Å². The highest BCUT2D eigenvalue weighted by atomic mass is 32.2. The van der Waals surface area contributed by atoms with Crippen LogP contribution in [-0.4, -0.2) is 25.2 Å². The molecule has 0 spiro atoms. The molecule has 0 N–H and O–H groups in total. The SMILES string of the molecule is C=CC[C@@H](C(=S)SC)S(=O)C(C)C. The average Bonchev–Trinajstić information content (AvgIpc) is 2.11. The molecule has 0 bridgehead atoms. The highest BCUT2D eigenvalue weighted by Crippen LogP contribution is 2.16. The van der Waals surface area contributed by atoms with E-state index in [1.165, 1.54) is 11.8 Å². The van der Waals surface area contributed by atoms with Gasteiger partial charge in [-0.3, -0.25) is 4.21 Å². The van der Waals surface area contributed by atoms with Crippen LogP contribution in [0.2, 0.25) is 0 Å². The van der Waals surface area contributed by atoms with Crippen LogP contribution in [-0.2, 0) is 10.8 Å². The van der Waals surface area contributed by atoms with Gasteiger partial charge in [0, 0.05) is 16.0 Å². The van der Waals surface area contributed by atoms with Gasteiger partial charge in [0.25, 0.3) is 0 Å². The number of hydrogen-bond donors (Lipinski definition) is 0. The molecular weight excluding hydrogens is 220 g/mol. The molecule has 0 rings (SSSR count). The van der Waals surface area contributed by atoms with Crippen molar-refractivity contribution in [2.75, 3.05) is 6.26 Å². The normalized spacial score (nSPS) is 15.4. The molecule has 0 aromatic carbocycles. The molecule has 1 unspecified atom stereocenters. The zero-order valence-electron chi connectivity index (χ0n) is 8.28. The average molecular weight is 236 g/mol. The van der Waals surface area contributed by atoms with Crippen molar-refractivity contribution < 1.29 is 4.21 Å². The number of rotatable bonds is 5. The first-order valence-electron chi connectivity index (χ1n) is 4.12. The lowest BCUT2D eigenvalue weighted by Crippen LogP contribution is -2.26. The zero-order chi connectivity index (χ0) is 10.4. The highest BCUT2D eigenvalue weighted by Gasteiger charge is 2.21. The number of hydrogen-bond acceptors (Lipinski definition) is 3. The molecule has 4 heteroatoms. The molecule has 0 aliphatic heterocycles. The van der Waals surface area contributed by atoms with Crippen molar-refractivity contribution >= 4 is 39.0 Å². The highest BCUT2D eigenvalue weighted by molar-refractivity contribution is 8.24. The quantitative estimate of drug-likeness (QED) is 0.540. The maximum absolute atomic E-state index is 11.8. The van der Waals surface area contributed by atoms with Crippen LogP contribution < -0.4 is 0 Å². The van der Waals surface area contributed by atoms with Crippen LogP contribution in [0.5, 0.6) is 0 Å². The van der Waals surface area contributed by atoms with Crippen LogP contribution in [0.25, 0.3) is 0 Å². The molecule has 0 saturated carbocycles. The van der Waals surface area contributed by atoms with Crippen molar-refractivity contribution in [3.8, 4) is 0 Å². The lowest BCUT2D eigenvalue weighted by Gasteiger charge is -2.16. The summed E-state index contributed by atoms with van der Waals surface area (Å²) in [4.78, 5) is 0. The van der Waals surface area contributed by atoms with E-state index < -0.39 is 10.8 Å². The van der Waals surface area contributed by atoms with Crippen LogP contribution in [0, 0.1) is 0 Å². The standard InChI is InChI=1S/C9H16OS3/c1-5-6-8(9(11)12-4)13(10)7(2)3/h5,7-8H,1,6H2,2-4H3/t8-,13?/m0/s1. The smallest absolute Gasteiger partial charge is 0.0796 e. The Morgan fingerprint density at radius 3 is 2.54 bits per heavy atom. The summed E-state index contributed by atoms with van der Waals surface area (Å²) in [6.07, 6.45) is 4.42. The Bertz CT molecular complexity index is 211. The van der Waals surface area contributed by atoms with E-state index in [1.54, 1.807) is 6.08 Å². The predicted molar refractivity (Wildman–Crippen MR) is 68.0 cm³/mol. The Balaban J connectivity index is 4.49. The maximum atomic E-state index is 11.8. The predicted octanol–water partition coefficient (Wildman–Crippen LogP) is 2.78. The van der Waals surface area contributed by atoms with Crippen molar-refractivity contribution in [1.82, 2.24) is 0 Å². The zero-order valence-corrected chi connectivity index (χ0v) is 10.7. The van der Waals surface area contributed by atoms with Gasteiger partial charge in [0.2, 0.25) is 0 Å². The van der Waals surface area contributed by atoms with Crippen LogP contribution >= 0.6 is 24.0 Å². The van der Waals surface area contributed by atoms with Gasteiger partial charge in [-0.25, -0.2) is 0 Å². The van der Waals surface area contributed by atoms with Crippen molar-refractivity contribution in [2.45, 2.75) is 30.8 Å². The third-order valence-electron chi connectivity index (χ3n) is 1.59. The van der Waals surface area contributed by atoms with Crippen molar-refractivity contribution in [3.05, 3.63) is 12.7 Å². The fourth-order valence-electron chi connectivity index (χ4n) is 0.897. The minimum Gasteiger partial charge on any atom is -0.259 e. The van der Waals surface area contributed by atoms with E-state index in [9.17, 15) is 4.21 Å². The van der Waals surface area contributed by atoms with Gasteiger partial charge in [-0.15, -0.1) is 18.3 Å². The summed E-state index contributed by atoms with van der Waals surface area (Å²) in [6, 6.07) is 0. The van der Waals surface area contributed by atoms with Crippen molar-refractivity contribution in [1.29, 1.82) is 0 Å². The summed E-state index contributed by atoms with van der Waals surface area (Å²) in [5.74, 6) is 0. The Kier molecular flexibility index (Phi) is 6.91. The van der Waals surface area contributed by atoms with E-state index >= 15 is 0 Å². The van der Waals surface area contributed by atoms with E-state index in [1.807, 2.05) is 20.1 Å². The minimum atomic E-state index is -0.873. The second-order valence-electron chi connectivity index (χ2n) is 2.91. The van der Waals surface area contributed by atoms with Gasteiger partial charge in [-0.2, -0.15) is 0 Å². The molecule has 1 nitrogen and oxygen atoms in total. The van der Waals surface area contributed by atoms with Gasteiger partial charge < -0.3 is 0 Å². The van der Waals surface area contributed by atoms with E-state index in [0.717, 1.165) is 4.20 Å². The topological polar surface area (TPSA) is 17.1 Å². The molecule has 0 fully saturated rings. The summed E-state index contributed by atoms with van der Waals surface area (Å²) in [7, 11) is -0.873. The molecule has 13 heavy (non-hydrogen) atoms.